The molecule has 0 saturated heterocycles. The second-order valence-electron chi connectivity index (χ2n) is 5.22. The maximum atomic E-state index is 5.46. The lowest BCUT2D eigenvalue weighted by molar-refractivity contribution is 0.409. The van der Waals surface area contributed by atoms with E-state index in [9.17, 15) is 0 Å². The molecule has 0 atom stereocenters. The molecule has 0 aliphatic carbocycles. The zero-order chi connectivity index (χ0) is 16.4. The maximum absolute atomic E-state index is 5.46. The fourth-order valence-corrected chi connectivity index (χ4v) is 2.44. The number of benzene rings is 1. The molecule has 0 fully saturated rings. The molecule has 5 nitrogen and oxygen atoms in total. The first-order valence-corrected chi connectivity index (χ1v) is 7.25. The predicted octanol–water partition coefficient (Wildman–Crippen LogP) is 4.04. The van der Waals surface area contributed by atoms with Crippen molar-refractivity contribution in [2.45, 2.75) is 13.8 Å². The van der Waals surface area contributed by atoms with Gasteiger partial charge in [0.2, 0.25) is 0 Å². The Balaban J connectivity index is 2.09. The van der Waals surface area contributed by atoms with E-state index in [4.69, 9.17) is 14.0 Å². The van der Waals surface area contributed by atoms with Gasteiger partial charge in [-0.05, 0) is 31.5 Å². The molecule has 0 N–H and O–H groups in total. The van der Waals surface area contributed by atoms with Crippen LogP contribution in [0.2, 0.25) is 0 Å². The molecular formula is C18H18N2O3. The van der Waals surface area contributed by atoms with Gasteiger partial charge in [-0.3, -0.25) is 0 Å². The molecule has 0 spiro atoms. The largest absolute Gasteiger partial charge is 0.497 e. The van der Waals surface area contributed by atoms with Crippen LogP contribution in [0.25, 0.3) is 22.6 Å². The molecule has 0 unspecified atom stereocenters. The average Bonchev–Trinajstić information content (AvgIpc) is 3.07. The van der Waals surface area contributed by atoms with Gasteiger partial charge in [-0.15, -0.1) is 0 Å². The molecule has 0 aliphatic heterocycles. The van der Waals surface area contributed by atoms with Crippen LogP contribution in [-0.4, -0.2) is 24.4 Å². The summed E-state index contributed by atoms with van der Waals surface area (Å²) < 4.78 is 16.1. The second-order valence-corrected chi connectivity index (χ2v) is 5.22. The third-order valence-corrected chi connectivity index (χ3v) is 3.89. The van der Waals surface area contributed by atoms with Crippen molar-refractivity contribution in [2.24, 2.45) is 0 Å². The monoisotopic (exact) mass is 310 g/mol. The van der Waals surface area contributed by atoms with Crippen LogP contribution >= 0.6 is 0 Å². The molecule has 0 aliphatic rings. The standard InChI is InChI=1S/C18H18N2O3/c1-11-12(2)20-16(9-17(11)22-4)18-15(10-19-23-18)13-5-7-14(21-3)8-6-13/h5-10H,1-4H3. The Morgan fingerprint density at radius 3 is 2.39 bits per heavy atom. The zero-order valence-corrected chi connectivity index (χ0v) is 13.6. The highest BCUT2D eigenvalue weighted by atomic mass is 16.5. The second kappa shape index (κ2) is 6.12. The minimum atomic E-state index is 0.622. The van der Waals surface area contributed by atoms with Crippen LogP contribution in [0.15, 0.2) is 41.1 Å². The summed E-state index contributed by atoms with van der Waals surface area (Å²) in [5.74, 6) is 2.21. The van der Waals surface area contributed by atoms with Gasteiger partial charge in [0, 0.05) is 17.3 Å². The summed E-state index contributed by atoms with van der Waals surface area (Å²) in [5, 5.41) is 3.94. The Hall–Kier alpha value is -2.82. The first kappa shape index (κ1) is 15.1. The number of hydrogen-bond acceptors (Lipinski definition) is 5. The topological polar surface area (TPSA) is 57.4 Å². The first-order chi connectivity index (χ1) is 11.1. The van der Waals surface area contributed by atoms with Gasteiger partial charge >= 0.3 is 0 Å². The molecule has 3 rings (SSSR count). The highest BCUT2D eigenvalue weighted by Crippen LogP contribution is 2.34. The Bertz CT molecular complexity index is 823. The van der Waals surface area contributed by atoms with Crippen molar-refractivity contribution in [1.29, 1.82) is 0 Å². The van der Waals surface area contributed by atoms with Gasteiger partial charge in [0.05, 0.1) is 26.0 Å². The Labute approximate surface area is 134 Å². The zero-order valence-electron chi connectivity index (χ0n) is 13.6. The number of hydrogen-bond donors (Lipinski definition) is 0. The molecule has 2 aromatic heterocycles. The lowest BCUT2D eigenvalue weighted by Gasteiger charge is -2.09. The number of aromatic nitrogens is 2. The summed E-state index contributed by atoms with van der Waals surface area (Å²) in [6, 6.07) is 9.61. The molecule has 3 aromatic rings. The molecule has 0 bridgehead atoms. The van der Waals surface area contributed by atoms with Crippen molar-refractivity contribution in [1.82, 2.24) is 10.1 Å². The van der Waals surface area contributed by atoms with E-state index in [1.54, 1.807) is 20.4 Å². The van der Waals surface area contributed by atoms with E-state index in [0.29, 0.717) is 11.5 Å². The van der Waals surface area contributed by atoms with E-state index >= 15 is 0 Å². The predicted molar refractivity (Wildman–Crippen MR) is 87.7 cm³/mol. The van der Waals surface area contributed by atoms with Crippen LogP contribution in [0.1, 0.15) is 11.3 Å². The summed E-state index contributed by atoms with van der Waals surface area (Å²) >= 11 is 0. The molecule has 0 saturated carbocycles. The van der Waals surface area contributed by atoms with Gasteiger partial charge in [0.1, 0.15) is 17.2 Å². The highest BCUT2D eigenvalue weighted by Gasteiger charge is 2.17. The lowest BCUT2D eigenvalue weighted by atomic mass is 10.0. The van der Waals surface area contributed by atoms with E-state index in [1.165, 1.54) is 0 Å². The van der Waals surface area contributed by atoms with Crippen molar-refractivity contribution >= 4 is 0 Å². The van der Waals surface area contributed by atoms with E-state index < -0.39 is 0 Å². The van der Waals surface area contributed by atoms with E-state index in [2.05, 4.69) is 10.1 Å². The van der Waals surface area contributed by atoms with E-state index in [1.807, 2.05) is 44.2 Å². The summed E-state index contributed by atoms with van der Waals surface area (Å²) in [6.07, 6.45) is 1.69. The highest BCUT2D eigenvalue weighted by molar-refractivity contribution is 5.78. The fraction of sp³-hybridized carbons (Fsp3) is 0.222. The van der Waals surface area contributed by atoms with Crippen LogP contribution in [0.4, 0.5) is 0 Å². The van der Waals surface area contributed by atoms with Gasteiger partial charge in [0.25, 0.3) is 0 Å². The number of aryl methyl sites for hydroxylation is 1. The Morgan fingerprint density at radius 2 is 1.74 bits per heavy atom. The van der Waals surface area contributed by atoms with Crippen LogP contribution < -0.4 is 9.47 Å². The van der Waals surface area contributed by atoms with Crippen molar-refractivity contribution < 1.29 is 14.0 Å². The summed E-state index contributed by atoms with van der Waals surface area (Å²) in [5.41, 5.74) is 4.48. The molecule has 2 heterocycles. The smallest absolute Gasteiger partial charge is 0.193 e. The normalized spacial score (nSPS) is 10.6. The molecule has 5 heteroatoms. The molecule has 0 radical (unpaired) electrons. The summed E-state index contributed by atoms with van der Waals surface area (Å²) in [6.45, 7) is 3.93. The SMILES string of the molecule is COc1ccc(-c2cnoc2-c2cc(OC)c(C)c(C)n2)cc1. The number of methoxy groups -OCH3 is 2. The van der Waals surface area contributed by atoms with Crippen LogP contribution in [0.3, 0.4) is 0 Å². The van der Waals surface area contributed by atoms with Crippen molar-refractivity contribution in [3.63, 3.8) is 0 Å². The molecule has 23 heavy (non-hydrogen) atoms. The first-order valence-electron chi connectivity index (χ1n) is 7.25. The molecular weight excluding hydrogens is 292 g/mol. The van der Waals surface area contributed by atoms with E-state index in [0.717, 1.165) is 33.9 Å². The van der Waals surface area contributed by atoms with Crippen molar-refractivity contribution in [3.05, 3.63) is 47.8 Å². The van der Waals surface area contributed by atoms with Gasteiger partial charge in [-0.25, -0.2) is 4.98 Å². The molecule has 1 aromatic carbocycles. The van der Waals surface area contributed by atoms with Crippen LogP contribution in [0.5, 0.6) is 11.5 Å². The lowest BCUT2D eigenvalue weighted by Crippen LogP contribution is -1.96. The summed E-state index contributed by atoms with van der Waals surface area (Å²) in [7, 11) is 3.29. The number of nitrogens with zero attached hydrogens (tertiary/aromatic N) is 2. The van der Waals surface area contributed by atoms with Crippen LogP contribution in [0, 0.1) is 13.8 Å². The minimum absolute atomic E-state index is 0.622. The van der Waals surface area contributed by atoms with Gasteiger partial charge in [-0.2, -0.15) is 0 Å². The molecule has 118 valence electrons. The van der Waals surface area contributed by atoms with Gasteiger partial charge in [-0.1, -0.05) is 17.3 Å². The van der Waals surface area contributed by atoms with E-state index in [-0.39, 0.29) is 0 Å². The minimum Gasteiger partial charge on any atom is -0.497 e. The van der Waals surface area contributed by atoms with Gasteiger partial charge < -0.3 is 14.0 Å². The number of rotatable bonds is 4. The Kier molecular flexibility index (Phi) is 4.02. The van der Waals surface area contributed by atoms with Crippen LogP contribution in [-0.2, 0) is 0 Å². The van der Waals surface area contributed by atoms with Crippen molar-refractivity contribution in [2.75, 3.05) is 14.2 Å². The number of ether oxygens (including phenoxy) is 2. The summed E-state index contributed by atoms with van der Waals surface area (Å²) in [4.78, 5) is 4.61. The van der Waals surface area contributed by atoms with Gasteiger partial charge in [0.15, 0.2) is 5.76 Å². The van der Waals surface area contributed by atoms with Crippen molar-refractivity contribution in [3.8, 4) is 34.1 Å². The third-order valence-electron chi connectivity index (χ3n) is 3.89. The third kappa shape index (κ3) is 2.77. The molecule has 0 amide bonds. The fourth-order valence-electron chi connectivity index (χ4n) is 2.44. The number of pyridine rings is 1. The maximum Gasteiger partial charge on any atom is 0.193 e. The quantitative estimate of drug-likeness (QED) is 0.728. The average molecular weight is 310 g/mol. The Morgan fingerprint density at radius 1 is 1.00 bits per heavy atom.